The van der Waals surface area contributed by atoms with Crippen LogP contribution in [0.1, 0.15) is 47.3 Å². The van der Waals surface area contributed by atoms with Crippen LogP contribution < -0.4 is 10.1 Å². The second-order valence-electron chi connectivity index (χ2n) is 8.90. The van der Waals surface area contributed by atoms with Gasteiger partial charge in [-0.25, -0.2) is 9.97 Å². The number of amides is 1. The maximum absolute atomic E-state index is 13.1. The summed E-state index contributed by atoms with van der Waals surface area (Å²) in [5, 5.41) is 14.3. The minimum absolute atomic E-state index is 0.228. The first kappa shape index (κ1) is 22.9. The number of methoxy groups -OCH3 is 1. The molecule has 3 aromatic heterocycles. The number of hydrogen-bond acceptors (Lipinski definition) is 6. The first-order chi connectivity index (χ1) is 17.1. The van der Waals surface area contributed by atoms with Crippen molar-refractivity contribution in [2.45, 2.75) is 44.2 Å². The fourth-order valence-corrected chi connectivity index (χ4v) is 4.69. The monoisotopic (exact) mass is 468 g/mol. The summed E-state index contributed by atoms with van der Waals surface area (Å²) in [5.41, 5.74) is 4.76. The first-order valence-electron chi connectivity index (χ1n) is 11.9. The molecule has 0 saturated heterocycles. The predicted octanol–water partition coefficient (Wildman–Crippen LogP) is 4.32. The van der Waals surface area contributed by atoms with Crippen LogP contribution in [0.3, 0.4) is 0 Å². The van der Waals surface area contributed by atoms with Gasteiger partial charge >= 0.3 is 0 Å². The maximum Gasteiger partial charge on any atom is 0.270 e. The average molecular weight is 469 g/mol. The van der Waals surface area contributed by atoms with E-state index in [0.29, 0.717) is 18.0 Å². The summed E-state index contributed by atoms with van der Waals surface area (Å²) >= 11 is 0. The SMILES string of the molecule is COc1ncccc1-c1ccc(Cc2cc(C(=O)NC3CCCCC3O)nc3ccccc23)cn1. The summed E-state index contributed by atoms with van der Waals surface area (Å²) in [5.74, 6) is 0.284. The third kappa shape index (κ3) is 5.00. The van der Waals surface area contributed by atoms with Crippen LogP contribution in [-0.2, 0) is 6.42 Å². The Hall–Kier alpha value is -3.84. The Balaban J connectivity index is 1.42. The molecule has 1 aliphatic carbocycles. The first-order valence-corrected chi connectivity index (χ1v) is 11.9. The molecule has 4 aromatic rings. The lowest BCUT2D eigenvalue weighted by molar-refractivity contribution is 0.0714. The molecular formula is C28H28N4O3. The molecule has 1 aliphatic rings. The van der Waals surface area contributed by atoms with Gasteiger partial charge in [-0.1, -0.05) is 37.1 Å². The number of hydrogen-bond donors (Lipinski definition) is 2. The van der Waals surface area contributed by atoms with Crippen molar-refractivity contribution < 1.29 is 14.6 Å². The van der Waals surface area contributed by atoms with Crippen LogP contribution >= 0.6 is 0 Å². The lowest BCUT2D eigenvalue weighted by Gasteiger charge is -2.28. The van der Waals surface area contributed by atoms with Crippen LogP contribution in [0.25, 0.3) is 22.2 Å². The molecule has 7 nitrogen and oxygen atoms in total. The Morgan fingerprint density at radius 2 is 1.94 bits per heavy atom. The number of nitrogens with zero attached hydrogens (tertiary/aromatic N) is 3. The highest BCUT2D eigenvalue weighted by Crippen LogP contribution is 2.27. The van der Waals surface area contributed by atoms with E-state index < -0.39 is 6.10 Å². The summed E-state index contributed by atoms with van der Waals surface area (Å²) in [6.45, 7) is 0. The molecule has 1 aromatic carbocycles. The number of benzene rings is 1. The molecule has 35 heavy (non-hydrogen) atoms. The van der Waals surface area contributed by atoms with Crippen LogP contribution in [0.4, 0.5) is 0 Å². The number of aliphatic hydroxyl groups excluding tert-OH is 1. The van der Waals surface area contributed by atoms with Gasteiger partial charge in [0.05, 0.1) is 36.0 Å². The molecule has 1 saturated carbocycles. The average Bonchev–Trinajstić information content (AvgIpc) is 2.90. The number of carbonyl (C=O) groups is 1. The zero-order valence-corrected chi connectivity index (χ0v) is 19.6. The number of pyridine rings is 3. The second kappa shape index (κ2) is 10.2. The van der Waals surface area contributed by atoms with E-state index in [0.717, 1.165) is 59.0 Å². The van der Waals surface area contributed by atoms with Gasteiger partial charge in [0.1, 0.15) is 5.69 Å². The van der Waals surface area contributed by atoms with E-state index in [1.807, 2.05) is 60.8 Å². The standard InChI is InChI=1S/C28H28N4O3/c1-35-28-21(8-6-14-29-28)22-13-12-18(17-30-22)15-19-16-25(31-23-9-3-2-7-20(19)23)27(34)32-24-10-4-5-11-26(24)33/h2-3,6-9,12-14,16-17,24,26,33H,4-5,10-11,15H2,1H3,(H,32,34). The van der Waals surface area contributed by atoms with Crippen LogP contribution in [0.5, 0.6) is 5.88 Å². The highest BCUT2D eigenvalue weighted by Gasteiger charge is 2.25. The van der Waals surface area contributed by atoms with E-state index in [-0.39, 0.29) is 11.9 Å². The zero-order valence-electron chi connectivity index (χ0n) is 19.6. The van der Waals surface area contributed by atoms with Crippen molar-refractivity contribution in [2.75, 3.05) is 7.11 Å². The second-order valence-corrected chi connectivity index (χ2v) is 8.90. The third-order valence-electron chi connectivity index (χ3n) is 6.54. The normalized spacial score (nSPS) is 17.8. The van der Waals surface area contributed by atoms with Crippen molar-refractivity contribution in [3.8, 4) is 17.1 Å². The third-order valence-corrected chi connectivity index (χ3v) is 6.54. The molecule has 0 aliphatic heterocycles. The molecule has 178 valence electrons. The van der Waals surface area contributed by atoms with Gasteiger partial charge in [-0.2, -0.15) is 0 Å². The number of nitrogens with one attached hydrogen (secondary N) is 1. The maximum atomic E-state index is 13.1. The number of aliphatic hydroxyl groups is 1. The van der Waals surface area contributed by atoms with E-state index in [2.05, 4.69) is 20.3 Å². The molecule has 0 spiro atoms. The fraction of sp³-hybridized carbons (Fsp3) is 0.286. The van der Waals surface area contributed by atoms with Gasteiger partial charge < -0.3 is 15.2 Å². The molecule has 5 rings (SSSR count). The summed E-state index contributed by atoms with van der Waals surface area (Å²) in [6, 6.07) is 17.2. The molecule has 1 amide bonds. The summed E-state index contributed by atoms with van der Waals surface area (Å²) in [6.07, 6.45) is 7.13. The van der Waals surface area contributed by atoms with E-state index >= 15 is 0 Å². The number of carbonyl (C=O) groups excluding carboxylic acids is 1. The quantitative estimate of drug-likeness (QED) is 0.437. The number of rotatable bonds is 6. The Morgan fingerprint density at radius 1 is 1.09 bits per heavy atom. The molecule has 7 heteroatoms. The van der Waals surface area contributed by atoms with Gasteiger partial charge in [0.15, 0.2) is 0 Å². The Labute approximate surface area is 204 Å². The number of para-hydroxylation sites is 1. The predicted molar refractivity (Wildman–Crippen MR) is 134 cm³/mol. The van der Waals surface area contributed by atoms with E-state index in [1.165, 1.54) is 0 Å². The zero-order chi connectivity index (χ0) is 24.2. The molecule has 0 radical (unpaired) electrons. The molecule has 0 bridgehead atoms. The number of fused-ring (bicyclic) bond motifs is 1. The van der Waals surface area contributed by atoms with Gasteiger partial charge in [0.2, 0.25) is 5.88 Å². The van der Waals surface area contributed by atoms with Crippen LogP contribution in [0, 0.1) is 0 Å². The lowest BCUT2D eigenvalue weighted by Crippen LogP contribution is -2.45. The van der Waals surface area contributed by atoms with Gasteiger partial charge in [0, 0.05) is 17.8 Å². The van der Waals surface area contributed by atoms with Crippen LogP contribution in [-0.4, -0.2) is 45.2 Å². The molecule has 3 heterocycles. The van der Waals surface area contributed by atoms with Gasteiger partial charge in [-0.15, -0.1) is 0 Å². The topological polar surface area (TPSA) is 97.2 Å². The van der Waals surface area contributed by atoms with E-state index in [4.69, 9.17) is 4.74 Å². The summed E-state index contributed by atoms with van der Waals surface area (Å²) in [4.78, 5) is 26.5. The molecular weight excluding hydrogens is 440 g/mol. The van der Waals surface area contributed by atoms with Crippen molar-refractivity contribution in [1.29, 1.82) is 0 Å². The Kier molecular flexibility index (Phi) is 6.68. The molecule has 1 fully saturated rings. The van der Waals surface area contributed by atoms with Crippen molar-refractivity contribution in [2.24, 2.45) is 0 Å². The van der Waals surface area contributed by atoms with Crippen LogP contribution in [0.15, 0.2) is 67.0 Å². The van der Waals surface area contributed by atoms with Crippen molar-refractivity contribution in [3.63, 3.8) is 0 Å². The Morgan fingerprint density at radius 3 is 2.74 bits per heavy atom. The van der Waals surface area contributed by atoms with Gasteiger partial charge in [-0.3, -0.25) is 9.78 Å². The highest BCUT2D eigenvalue weighted by atomic mass is 16.5. The minimum atomic E-state index is -0.504. The van der Waals surface area contributed by atoms with Crippen molar-refractivity contribution in [1.82, 2.24) is 20.3 Å². The number of aromatic nitrogens is 3. The summed E-state index contributed by atoms with van der Waals surface area (Å²) in [7, 11) is 1.59. The lowest BCUT2D eigenvalue weighted by atomic mass is 9.92. The van der Waals surface area contributed by atoms with E-state index in [9.17, 15) is 9.90 Å². The highest BCUT2D eigenvalue weighted by molar-refractivity contribution is 5.96. The largest absolute Gasteiger partial charge is 0.481 e. The van der Waals surface area contributed by atoms with Gasteiger partial charge in [0.25, 0.3) is 5.91 Å². The number of ether oxygens (including phenoxy) is 1. The van der Waals surface area contributed by atoms with Crippen LogP contribution in [0.2, 0.25) is 0 Å². The van der Waals surface area contributed by atoms with Gasteiger partial charge in [-0.05, 0) is 60.7 Å². The summed E-state index contributed by atoms with van der Waals surface area (Å²) < 4.78 is 5.36. The van der Waals surface area contributed by atoms with E-state index in [1.54, 1.807) is 13.3 Å². The fourth-order valence-electron chi connectivity index (χ4n) is 4.69. The molecule has 2 atom stereocenters. The smallest absolute Gasteiger partial charge is 0.270 e. The van der Waals surface area contributed by atoms with Crippen molar-refractivity contribution in [3.05, 3.63) is 83.8 Å². The van der Waals surface area contributed by atoms with Crippen molar-refractivity contribution >= 4 is 16.8 Å². The minimum Gasteiger partial charge on any atom is -0.481 e. The molecule has 2 unspecified atom stereocenters. The molecule has 2 N–H and O–H groups in total. The Bertz CT molecular complexity index is 1340.